The highest BCUT2D eigenvalue weighted by Crippen LogP contribution is 2.33. The first kappa shape index (κ1) is 19.2. The summed E-state index contributed by atoms with van der Waals surface area (Å²) in [6, 6.07) is 8.16. The van der Waals surface area contributed by atoms with Crippen LogP contribution in [0.3, 0.4) is 0 Å². The molecule has 0 aliphatic heterocycles. The Balaban J connectivity index is 1.37. The highest BCUT2D eigenvalue weighted by atomic mass is 16.5. The van der Waals surface area contributed by atoms with Crippen LogP contribution in [0, 0.1) is 6.92 Å². The third kappa shape index (κ3) is 3.61. The molecule has 1 aliphatic carbocycles. The number of hydrogen-bond donors (Lipinski definition) is 0. The second-order valence-corrected chi connectivity index (χ2v) is 7.86. The molecule has 0 saturated carbocycles. The summed E-state index contributed by atoms with van der Waals surface area (Å²) in [5, 5.41) is 8.34. The molecule has 156 valence electrons. The van der Waals surface area contributed by atoms with Crippen LogP contribution >= 0.6 is 0 Å². The molecular formula is C23H22N6O2. The number of imidazole rings is 1. The Morgan fingerprint density at radius 1 is 1.23 bits per heavy atom. The van der Waals surface area contributed by atoms with Gasteiger partial charge in [0.05, 0.1) is 12.0 Å². The lowest BCUT2D eigenvalue weighted by Crippen LogP contribution is -2.05. The van der Waals surface area contributed by atoms with Crippen LogP contribution < -0.4 is 0 Å². The Labute approximate surface area is 179 Å². The molecule has 1 aromatic carbocycles. The van der Waals surface area contributed by atoms with Crippen LogP contribution in [0.4, 0.5) is 0 Å². The molecule has 5 rings (SSSR count). The van der Waals surface area contributed by atoms with Gasteiger partial charge in [0.15, 0.2) is 11.6 Å². The number of carbonyl (C=O) groups excluding carboxylic acids is 1. The fourth-order valence-corrected chi connectivity index (χ4v) is 3.93. The summed E-state index contributed by atoms with van der Waals surface area (Å²) in [5.74, 6) is 1.22. The van der Waals surface area contributed by atoms with Gasteiger partial charge in [-0.25, -0.2) is 4.98 Å². The lowest BCUT2D eigenvalue weighted by molar-refractivity contribution is 0.0977. The summed E-state index contributed by atoms with van der Waals surface area (Å²) in [7, 11) is 3.79. The molecule has 0 atom stereocenters. The molecule has 3 heterocycles. The minimum Gasteiger partial charge on any atom is -0.338 e. The van der Waals surface area contributed by atoms with E-state index < -0.39 is 0 Å². The second-order valence-electron chi connectivity index (χ2n) is 7.86. The van der Waals surface area contributed by atoms with Crippen LogP contribution in [0.15, 0.2) is 41.3 Å². The van der Waals surface area contributed by atoms with Crippen molar-refractivity contribution in [2.75, 3.05) is 0 Å². The first-order chi connectivity index (χ1) is 15.0. The number of rotatable bonds is 6. The maximum Gasteiger partial charge on any atom is 0.254 e. The van der Waals surface area contributed by atoms with E-state index >= 15 is 0 Å². The zero-order chi connectivity index (χ0) is 21.5. The van der Waals surface area contributed by atoms with E-state index in [9.17, 15) is 4.79 Å². The quantitative estimate of drug-likeness (QED) is 0.449. The lowest BCUT2D eigenvalue weighted by Gasteiger charge is -2.04. The molecule has 8 heteroatoms. The van der Waals surface area contributed by atoms with E-state index in [1.807, 2.05) is 31.7 Å². The fraction of sp³-hybridized carbons (Fsp3) is 0.261. The molecule has 0 N–H and O–H groups in total. The van der Waals surface area contributed by atoms with Crippen molar-refractivity contribution in [3.8, 4) is 11.3 Å². The van der Waals surface area contributed by atoms with Gasteiger partial charge in [-0.15, -0.1) is 0 Å². The number of carbonyl (C=O) groups is 1. The zero-order valence-electron chi connectivity index (χ0n) is 17.7. The van der Waals surface area contributed by atoms with Crippen LogP contribution in [0.1, 0.15) is 45.4 Å². The third-order valence-electron chi connectivity index (χ3n) is 5.64. The summed E-state index contributed by atoms with van der Waals surface area (Å²) < 4.78 is 9.01. The second kappa shape index (κ2) is 7.46. The van der Waals surface area contributed by atoms with E-state index in [2.05, 4.69) is 44.5 Å². The van der Waals surface area contributed by atoms with Crippen molar-refractivity contribution in [3.05, 3.63) is 71.0 Å². The Kier molecular flexibility index (Phi) is 4.62. The molecule has 0 unspecified atom stereocenters. The number of nitrogens with zero attached hydrogens (tertiary/aromatic N) is 6. The molecule has 0 saturated heterocycles. The van der Waals surface area contributed by atoms with Gasteiger partial charge in [0.25, 0.3) is 5.89 Å². The number of hydrogen-bond acceptors (Lipinski definition) is 6. The topological polar surface area (TPSA) is 91.6 Å². The van der Waals surface area contributed by atoms with Crippen LogP contribution in [0.25, 0.3) is 22.9 Å². The number of ketones is 1. The summed E-state index contributed by atoms with van der Waals surface area (Å²) in [4.78, 5) is 21.1. The van der Waals surface area contributed by atoms with Crippen molar-refractivity contribution < 1.29 is 9.32 Å². The number of Topliss-reactive ketones (excluding diaryl/α,β-unsaturated/α-hetero) is 1. The van der Waals surface area contributed by atoms with Crippen molar-refractivity contribution in [2.45, 2.75) is 26.2 Å². The number of aromatic nitrogens is 6. The number of benzene rings is 1. The number of allylic oxidation sites excluding steroid dienone is 1. The predicted octanol–water partition coefficient (Wildman–Crippen LogP) is 3.42. The lowest BCUT2D eigenvalue weighted by atomic mass is 10.0. The van der Waals surface area contributed by atoms with Gasteiger partial charge in [-0.1, -0.05) is 17.3 Å². The van der Waals surface area contributed by atoms with Crippen molar-refractivity contribution in [3.63, 3.8) is 0 Å². The largest absolute Gasteiger partial charge is 0.338 e. The van der Waals surface area contributed by atoms with E-state index in [0.717, 1.165) is 34.5 Å². The summed E-state index contributed by atoms with van der Waals surface area (Å²) in [6.07, 6.45) is 7.42. The highest BCUT2D eigenvalue weighted by Gasteiger charge is 2.20. The summed E-state index contributed by atoms with van der Waals surface area (Å²) >= 11 is 0. The fourth-order valence-electron chi connectivity index (χ4n) is 3.93. The van der Waals surface area contributed by atoms with E-state index in [1.165, 1.54) is 5.56 Å². The first-order valence-electron chi connectivity index (χ1n) is 10.1. The predicted molar refractivity (Wildman–Crippen MR) is 115 cm³/mol. The molecule has 0 bridgehead atoms. The molecule has 0 spiro atoms. The smallest absolute Gasteiger partial charge is 0.254 e. The molecule has 0 radical (unpaired) electrons. The van der Waals surface area contributed by atoms with E-state index in [4.69, 9.17) is 4.52 Å². The van der Waals surface area contributed by atoms with Gasteiger partial charge in [0.1, 0.15) is 5.69 Å². The van der Waals surface area contributed by atoms with Gasteiger partial charge in [0, 0.05) is 50.0 Å². The third-order valence-corrected chi connectivity index (χ3v) is 5.64. The van der Waals surface area contributed by atoms with Crippen LogP contribution in [0.5, 0.6) is 0 Å². The average molecular weight is 414 g/mol. The van der Waals surface area contributed by atoms with Crippen LogP contribution in [-0.4, -0.2) is 35.3 Å². The van der Waals surface area contributed by atoms with Crippen molar-refractivity contribution in [2.24, 2.45) is 14.1 Å². The molecule has 4 aromatic rings. The van der Waals surface area contributed by atoms with Gasteiger partial charge < -0.3 is 9.09 Å². The maximum atomic E-state index is 12.7. The standard InChI is InChI=1S/C23H22N6O2/c1-14-25-23(31-27-14)18-8-15-4-5-16(9-17(15)10-18)21-11-20(26-29(21)3)22(30)7-6-19-12-24-13-28(19)2/h4-5,9-13H,6-8H2,1-3H3. The normalized spacial score (nSPS) is 12.8. The van der Waals surface area contributed by atoms with Gasteiger partial charge in [-0.05, 0) is 42.7 Å². The molecule has 0 amide bonds. The highest BCUT2D eigenvalue weighted by molar-refractivity contribution is 5.95. The van der Waals surface area contributed by atoms with Crippen LogP contribution in [-0.2, 0) is 26.9 Å². The number of fused-ring (bicyclic) bond motifs is 1. The van der Waals surface area contributed by atoms with Crippen molar-refractivity contribution >= 4 is 17.4 Å². The molecule has 8 nitrogen and oxygen atoms in total. The maximum absolute atomic E-state index is 12.7. The van der Waals surface area contributed by atoms with E-state index in [-0.39, 0.29) is 5.78 Å². The van der Waals surface area contributed by atoms with Gasteiger partial charge in [-0.2, -0.15) is 10.1 Å². The zero-order valence-corrected chi connectivity index (χ0v) is 17.7. The Bertz CT molecular complexity index is 1320. The Morgan fingerprint density at radius 3 is 2.84 bits per heavy atom. The molecule has 31 heavy (non-hydrogen) atoms. The SMILES string of the molecule is Cc1noc(C2=Cc3cc(-c4cc(C(=O)CCc5cncn5C)nn4C)ccc3C2)n1. The van der Waals surface area contributed by atoms with Crippen molar-refractivity contribution in [1.29, 1.82) is 0 Å². The monoisotopic (exact) mass is 414 g/mol. The molecular weight excluding hydrogens is 392 g/mol. The molecule has 3 aromatic heterocycles. The first-order valence-corrected chi connectivity index (χ1v) is 10.1. The number of aryl methyl sites for hydroxylation is 4. The Morgan fingerprint density at radius 2 is 2.10 bits per heavy atom. The van der Waals surface area contributed by atoms with Crippen molar-refractivity contribution in [1.82, 2.24) is 29.5 Å². The summed E-state index contributed by atoms with van der Waals surface area (Å²) in [5.41, 5.74) is 6.78. The minimum atomic E-state index is 0.0261. The van der Waals surface area contributed by atoms with Crippen LogP contribution in [0.2, 0.25) is 0 Å². The van der Waals surface area contributed by atoms with E-state index in [0.29, 0.717) is 30.3 Å². The Hall–Kier alpha value is -3.81. The van der Waals surface area contributed by atoms with Gasteiger partial charge >= 0.3 is 0 Å². The summed E-state index contributed by atoms with van der Waals surface area (Å²) in [6.45, 7) is 1.81. The van der Waals surface area contributed by atoms with Gasteiger partial charge in [0.2, 0.25) is 0 Å². The van der Waals surface area contributed by atoms with Gasteiger partial charge in [-0.3, -0.25) is 9.48 Å². The minimum absolute atomic E-state index is 0.0261. The average Bonchev–Trinajstić information content (AvgIpc) is 3.52. The molecule has 0 fully saturated rings. The van der Waals surface area contributed by atoms with E-state index in [1.54, 1.807) is 17.2 Å². The molecule has 1 aliphatic rings.